The third-order valence-corrected chi connectivity index (χ3v) is 3.62. The zero-order chi connectivity index (χ0) is 12.2. The lowest BCUT2D eigenvalue weighted by Gasteiger charge is -2.21. The SMILES string of the molecule is CCSc1ccc(Br)cc1CNC(C)(C)C. The van der Waals surface area contributed by atoms with E-state index in [1.165, 1.54) is 10.5 Å². The average molecular weight is 302 g/mol. The van der Waals surface area contributed by atoms with Crippen LogP contribution in [0.2, 0.25) is 0 Å². The van der Waals surface area contributed by atoms with Gasteiger partial charge < -0.3 is 5.32 Å². The summed E-state index contributed by atoms with van der Waals surface area (Å²) in [6, 6.07) is 6.51. The predicted octanol–water partition coefficient (Wildman–Crippen LogP) is 4.45. The largest absolute Gasteiger partial charge is 0.308 e. The van der Waals surface area contributed by atoms with Gasteiger partial charge in [0.15, 0.2) is 0 Å². The first kappa shape index (κ1) is 14.1. The highest BCUT2D eigenvalue weighted by Gasteiger charge is 2.10. The number of halogens is 1. The van der Waals surface area contributed by atoms with Crippen molar-refractivity contribution in [3.8, 4) is 0 Å². The minimum absolute atomic E-state index is 0.163. The minimum atomic E-state index is 0.163. The fourth-order valence-electron chi connectivity index (χ4n) is 1.34. The molecule has 1 rings (SSSR count). The molecule has 0 spiro atoms. The van der Waals surface area contributed by atoms with Gasteiger partial charge >= 0.3 is 0 Å². The van der Waals surface area contributed by atoms with Crippen molar-refractivity contribution in [3.63, 3.8) is 0 Å². The molecule has 0 amide bonds. The second-order valence-electron chi connectivity index (χ2n) is 4.79. The van der Waals surface area contributed by atoms with Gasteiger partial charge in [0.05, 0.1) is 0 Å². The number of rotatable bonds is 4. The lowest BCUT2D eigenvalue weighted by atomic mass is 10.1. The van der Waals surface area contributed by atoms with Gasteiger partial charge in [-0.3, -0.25) is 0 Å². The molecule has 0 aliphatic rings. The van der Waals surface area contributed by atoms with E-state index >= 15 is 0 Å². The van der Waals surface area contributed by atoms with Crippen LogP contribution in [0, 0.1) is 0 Å². The van der Waals surface area contributed by atoms with Crippen LogP contribution in [-0.4, -0.2) is 11.3 Å². The molecule has 90 valence electrons. The molecule has 3 heteroatoms. The summed E-state index contributed by atoms with van der Waals surface area (Å²) in [5.41, 5.74) is 1.53. The van der Waals surface area contributed by atoms with Gasteiger partial charge in [-0.2, -0.15) is 0 Å². The van der Waals surface area contributed by atoms with E-state index in [-0.39, 0.29) is 5.54 Å². The Labute approximate surface area is 112 Å². The molecule has 0 radical (unpaired) electrons. The molecule has 1 aromatic carbocycles. The highest BCUT2D eigenvalue weighted by Crippen LogP contribution is 2.26. The Bertz CT molecular complexity index is 344. The second kappa shape index (κ2) is 6.08. The lowest BCUT2D eigenvalue weighted by Crippen LogP contribution is -2.35. The third-order valence-electron chi connectivity index (χ3n) is 2.13. The molecule has 1 N–H and O–H groups in total. The van der Waals surface area contributed by atoms with Gasteiger partial charge in [0, 0.05) is 21.5 Å². The van der Waals surface area contributed by atoms with E-state index < -0.39 is 0 Å². The van der Waals surface area contributed by atoms with Crippen molar-refractivity contribution in [2.45, 2.75) is 44.7 Å². The van der Waals surface area contributed by atoms with Crippen molar-refractivity contribution >= 4 is 27.7 Å². The molecule has 0 atom stereocenters. The normalized spacial score (nSPS) is 11.8. The number of hydrogen-bond donors (Lipinski definition) is 1. The number of hydrogen-bond acceptors (Lipinski definition) is 2. The molecule has 0 saturated heterocycles. The van der Waals surface area contributed by atoms with Gasteiger partial charge in [0.25, 0.3) is 0 Å². The number of thioether (sulfide) groups is 1. The van der Waals surface area contributed by atoms with E-state index in [4.69, 9.17) is 0 Å². The summed E-state index contributed by atoms with van der Waals surface area (Å²) in [5.74, 6) is 1.12. The maximum atomic E-state index is 3.53. The van der Waals surface area contributed by atoms with Crippen LogP contribution in [0.5, 0.6) is 0 Å². The van der Waals surface area contributed by atoms with Crippen LogP contribution in [0.25, 0.3) is 0 Å². The molecular weight excluding hydrogens is 282 g/mol. The van der Waals surface area contributed by atoms with Crippen LogP contribution in [0.15, 0.2) is 27.6 Å². The summed E-state index contributed by atoms with van der Waals surface area (Å²) >= 11 is 5.43. The summed E-state index contributed by atoms with van der Waals surface area (Å²) < 4.78 is 1.15. The number of benzene rings is 1. The van der Waals surface area contributed by atoms with Gasteiger partial charge in [-0.05, 0) is 50.3 Å². The van der Waals surface area contributed by atoms with Crippen molar-refractivity contribution in [2.75, 3.05) is 5.75 Å². The van der Waals surface area contributed by atoms with Crippen LogP contribution >= 0.6 is 27.7 Å². The van der Waals surface area contributed by atoms with Gasteiger partial charge in [0.2, 0.25) is 0 Å². The smallest absolute Gasteiger partial charge is 0.0221 e. The average Bonchev–Trinajstić information content (AvgIpc) is 2.17. The van der Waals surface area contributed by atoms with Crippen LogP contribution in [0.1, 0.15) is 33.3 Å². The summed E-state index contributed by atoms with van der Waals surface area (Å²) in [6.07, 6.45) is 0. The molecule has 0 unspecified atom stereocenters. The molecule has 0 saturated carbocycles. The summed E-state index contributed by atoms with van der Waals surface area (Å²) in [5, 5.41) is 3.53. The molecule has 16 heavy (non-hydrogen) atoms. The van der Waals surface area contributed by atoms with E-state index in [1.807, 2.05) is 11.8 Å². The zero-order valence-electron chi connectivity index (χ0n) is 10.4. The minimum Gasteiger partial charge on any atom is -0.308 e. The molecular formula is C13H20BrNS. The van der Waals surface area contributed by atoms with Crippen LogP contribution in [0.4, 0.5) is 0 Å². The van der Waals surface area contributed by atoms with Gasteiger partial charge in [-0.25, -0.2) is 0 Å². The highest BCUT2D eigenvalue weighted by molar-refractivity contribution is 9.10. The molecule has 0 bridgehead atoms. The van der Waals surface area contributed by atoms with E-state index in [9.17, 15) is 0 Å². The van der Waals surface area contributed by atoms with Crippen LogP contribution < -0.4 is 5.32 Å². The van der Waals surface area contributed by atoms with Crippen molar-refractivity contribution in [3.05, 3.63) is 28.2 Å². The van der Waals surface area contributed by atoms with Crippen LogP contribution in [0.3, 0.4) is 0 Å². The first-order valence-corrected chi connectivity index (χ1v) is 7.36. The standard InChI is InChI=1S/C13H20BrNS/c1-5-16-12-7-6-11(14)8-10(12)9-15-13(2,3)4/h6-8,15H,5,9H2,1-4H3. The first-order chi connectivity index (χ1) is 7.42. The molecule has 0 fully saturated rings. The lowest BCUT2D eigenvalue weighted by molar-refractivity contribution is 0.422. The van der Waals surface area contributed by atoms with Gasteiger partial charge in [-0.15, -0.1) is 11.8 Å². The van der Waals surface area contributed by atoms with Gasteiger partial charge in [0.1, 0.15) is 0 Å². The van der Waals surface area contributed by atoms with E-state index in [2.05, 4.69) is 67.1 Å². The van der Waals surface area contributed by atoms with Crippen molar-refractivity contribution in [1.82, 2.24) is 5.32 Å². The van der Waals surface area contributed by atoms with Crippen molar-refractivity contribution < 1.29 is 0 Å². The van der Waals surface area contributed by atoms with Crippen LogP contribution in [-0.2, 0) is 6.54 Å². The Morgan fingerprint density at radius 2 is 2.00 bits per heavy atom. The Balaban J connectivity index is 2.79. The van der Waals surface area contributed by atoms with Crippen molar-refractivity contribution in [2.24, 2.45) is 0 Å². The topological polar surface area (TPSA) is 12.0 Å². The predicted molar refractivity (Wildman–Crippen MR) is 77.1 cm³/mol. The van der Waals surface area contributed by atoms with E-state index in [0.717, 1.165) is 16.8 Å². The van der Waals surface area contributed by atoms with E-state index in [0.29, 0.717) is 0 Å². The Hall–Kier alpha value is 0.01000. The first-order valence-electron chi connectivity index (χ1n) is 5.58. The Morgan fingerprint density at radius 1 is 1.31 bits per heavy atom. The third kappa shape index (κ3) is 4.89. The summed E-state index contributed by atoms with van der Waals surface area (Å²) in [6.45, 7) is 9.69. The number of nitrogens with one attached hydrogen (secondary N) is 1. The Morgan fingerprint density at radius 3 is 2.56 bits per heavy atom. The molecule has 0 aromatic heterocycles. The maximum Gasteiger partial charge on any atom is 0.0221 e. The van der Waals surface area contributed by atoms with Crippen molar-refractivity contribution in [1.29, 1.82) is 0 Å². The molecule has 0 aliphatic heterocycles. The summed E-state index contributed by atoms with van der Waals surface area (Å²) in [7, 11) is 0. The Kier molecular flexibility index (Phi) is 5.35. The fraction of sp³-hybridized carbons (Fsp3) is 0.538. The monoisotopic (exact) mass is 301 g/mol. The fourth-order valence-corrected chi connectivity index (χ4v) is 2.54. The second-order valence-corrected chi connectivity index (χ2v) is 7.01. The molecule has 0 heterocycles. The molecule has 1 nitrogen and oxygen atoms in total. The zero-order valence-corrected chi connectivity index (χ0v) is 12.8. The molecule has 0 aliphatic carbocycles. The molecule has 1 aromatic rings. The van der Waals surface area contributed by atoms with Gasteiger partial charge in [-0.1, -0.05) is 22.9 Å². The quantitative estimate of drug-likeness (QED) is 0.825. The summed E-state index contributed by atoms with van der Waals surface area (Å²) in [4.78, 5) is 1.38. The van der Waals surface area contributed by atoms with E-state index in [1.54, 1.807) is 0 Å². The maximum absolute atomic E-state index is 3.53. The highest BCUT2D eigenvalue weighted by atomic mass is 79.9.